The standard InChI is InChI=1S/C15H23NO3S/c1-13-6-4-5-7-14(13)20-12-15(17)16(8-10-18-2)9-11-19-3/h4-7H,8-12H2,1-3H3. The van der Waals surface area contributed by atoms with Gasteiger partial charge in [0.2, 0.25) is 5.91 Å². The van der Waals surface area contributed by atoms with E-state index in [0.717, 1.165) is 4.90 Å². The fourth-order valence-electron chi connectivity index (χ4n) is 1.71. The molecule has 4 nitrogen and oxygen atoms in total. The first-order chi connectivity index (χ1) is 9.69. The van der Waals surface area contributed by atoms with Gasteiger partial charge in [0.15, 0.2) is 0 Å². The summed E-state index contributed by atoms with van der Waals surface area (Å²) >= 11 is 1.58. The Morgan fingerprint density at radius 1 is 1.15 bits per heavy atom. The molecular weight excluding hydrogens is 274 g/mol. The van der Waals surface area contributed by atoms with E-state index in [1.54, 1.807) is 30.9 Å². The second-order valence-corrected chi connectivity index (χ2v) is 5.44. The molecule has 0 N–H and O–H groups in total. The molecule has 1 aromatic carbocycles. The molecule has 5 heteroatoms. The van der Waals surface area contributed by atoms with Crippen LogP contribution < -0.4 is 0 Å². The third-order valence-electron chi connectivity index (χ3n) is 2.93. The molecule has 0 radical (unpaired) electrons. The molecule has 0 fully saturated rings. The Morgan fingerprint density at radius 3 is 2.30 bits per heavy atom. The average Bonchev–Trinajstić information content (AvgIpc) is 2.46. The van der Waals surface area contributed by atoms with E-state index in [9.17, 15) is 4.79 Å². The number of hydrogen-bond acceptors (Lipinski definition) is 4. The van der Waals surface area contributed by atoms with Gasteiger partial charge < -0.3 is 14.4 Å². The van der Waals surface area contributed by atoms with Gasteiger partial charge in [0.1, 0.15) is 0 Å². The predicted molar refractivity (Wildman–Crippen MR) is 82.2 cm³/mol. The molecule has 0 aliphatic carbocycles. The zero-order chi connectivity index (χ0) is 14.8. The van der Waals surface area contributed by atoms with E-state index in [1.807, 2.05) is 18.2 Å². The van der Waals surface area contributed by atoms with Crippen molar-refractivity contribution >= 4 is 17.7 Å². The quantitative estimate of drug-likeness (QED) is 0.655. The molecule has 20 heavy (non-hydrogen) atoms. The lowest BCUT2D eigenvalue weighted by Crippen LogP contribution is -2.37. The van der Waals surface area contributed by atoms with Crippen LogP contribution in [-0.4, -0.2) is 57.1 Å². The van der Waals surface area contributed by atoms with Gasteiger partial charge in [-0.15, -0.1) is 11.8 Å². The fourth-order valence-corrected chi connectivity index (χ4v) is 2.65. The Bertz CT molecular complexity index is 404. The molecular formula is C15H23NO3S. The van der Waals surface area contributed by atoms with Crippen molar-refractivity contribution < 1.29 is 14.3 Å². The zero-order valence-electron chi connectivity index (χ0n) is 12.4. The molecule has 0 saturated heterocycles. The molecule has 0 aliphatic rings. The van der Waals surface area contributed by atoms with Crippen LogP contribution in [0, 0.1) is 6.92 Å². The molecule has 112 valence electrons. The van der Waals surface area contributed by atoms with Crippen LogP contribution in [0.5, 0.6) is 0 Å². The third-order valence-corrected chi connectivity index (χ3v) is 4.09. The number of methoxy groups -OCH3 is 2. The van der Waals surface area contributed by atoms with Crippen LogP contribution in [0.4, 0.5) is 0 Å². The molecule has 1 aromatic rings. The number of hydrogen-bond donors (Lipinski definition) is 0. The molecule has 0 atom stereocenters. The Hall–Kier alpha value is -1.04. The van der Waals surface area contributed by atoms with Gasteiger partial charge in [-0.05, 0) is 18.6 Å². The number of ether oxygens (including phenoxy) is 2. The second-order valence-electron chi connectivity index (χ2n) is 4.42. The van der Waals surface area contributed by atoms with Crippen molar-refractivity contribution in [2.24, 2.45) is 0 Å². The highest BCUT2D eigenvalue weighted by Crippen LogP contribution is 2.21. The molecule has 0 spiro atoms. The van der Waals surface area contributed by atoms with Gasteiger partial charge in [-0.25, -0.2) is 0 Å². The average molecular weight is 297 g/mol. The van der Waals surface area contributed by atoms with Crippen molar-refractivity contribution in [3.05, 3.63) is 29.8 Å². The minimum absolute atomic E-state index is 0.118. The van der Waals surface area contributed by atoms with Gasteiger partial charge >= 0.3 is 0 Å². The molecule has 1 amide bonds. The lowest BCUT2D eigenvalue weighted by Gasteiger charge is -2.22. The summed E-state index contributed by atoms with van der Waals surface area (Å²) in [5, 5.41) is 0. The Morgan fingerprint density at radius 2 is 1.75 bits per heavy atom. The first-order valence-electron chi connectivity index (χ1n) is 6.63. The summed E-state index contributed by atoms with van der Waals surface area (Å²) in [7, 11) is 3.28. The summed E-state index contributed by atoms with van der Waals surface area (Å²) < 4.78 is 10.1. The normalized spacial score (nSPS) is 10.6. The maximum atomic E-state index is 12.2. The zero-order valence-corrected chi connectivity index (χ0v) is 13.2. The van der Waals surface area contributed by atoms with Gasteiger partial charge in [0, 0.05) is 32.2 Å². The summed E-state index contributed by atoms with van der Waals surface area (Å²) in [6.45, 7) is 4.36. The lowest BCUT2D eigenvalue weighted by molar-refractivity contribution is -0.129. The van der Waals surface area contributed by atoms with Gasteiger partial charge in [-0.3, -0.25) is 4.79 Å². The number of carbonyl (C=O) groups is 1. The van der Waals surface area contributed by atoms with E-state index in [-0.39, 0.29) is 5.91 Å². The highest BCUT2D eigenvalue weighted by Gasteiger charge is 2.13. The van der Waals surface area contributed by atoms with Crippen LogP contribution >= 0.6 is 11.8 Å². The molecule has 0 aliphatic heterocycles. The van der Waals surface area contributed by atoms with Crippen LogP contribution in [0.15, 0.2) is 29.2 Å². The minimum atomic E-state index is 0.118. The van der Waals surface area contributed by atoms with Gasteiger partial charge in [-0.1, -0.05) is 18.2 Å². The van der Waals surface area contributed by atoms with E-state index in [0.29, 0.717) is 32.1 Å². The van der Waals surface area contributed by atoms with E-state index < -0.39 is 0 Å². The number of thioether (sulfide) groups is 1. The van der Waals surface area contributed by atoms with Crippen LogP contribution in [0.2, 0.25) is 0 Å². The van der Waals surface area contributed by atoms with E-state index >= 15 is 0 Å². The number of nitrogens with zero attached hydrogens (tertiary/aromatic N) is 1. The number of carbonyl (C=O) groups excluding carboxylic acids is 1. The van der Waals surface area contributed by atoms with E-state index in [4.69, 9.17) is 9.47 Å². The Balaban J connectivity index is 2.50. The van der Waals surface area contributed by atoms with Crippen LogP contribution in [0.25, 0.3) is 0 Å². The maximum Gasteiger partial charge on any atom is 0.233 e. The van der Waals surface area contributed by atoms with Crippen molar-refractivity contribution in [2.45, 2.75) is 11.8 Å². The molecule has 0 aromatic heterocycles. The van der Waals surface area contributed by atoms with Crippen molar-refractivity contribution in [3.63, 3.8) is 0 Å². The first-order valence-corrected chi connectivity index (χ1v) is 7.61. The summed E-state index contributed by atoms with van der Waals surface area (Å²) in [5.41, 5.74) is 1.20. The van der Waals surface area contributed by atoms with Gasteiger partial charge in [0.25, 0.3) is 0 Å². The summed E-state index contributed by atoms with van der Waals surface area (Å²) in [6, 6.07) is 8.10. The van der Waals surface area contributed by atoms with Crippen LogP contribution in [0.3, 0.4) is 0 Å². The minimum Gasteiger partial charge on any atom is -0.383 e. The summed E-state index contributed by atoms with van der Waals surface area (Å²) in [5.74, 6) is 0.561. The maximum absolute atomic E-state index is 12.2. The van der Waals surface area contributed by atoms with Crippen molar-refractivity contribution in [2.75, 3.05) is 46.3 Å². The monoisotopic (exact) mass is 297 g/mol. The number of benzene rings is 1. The lowest BCUT2D eigenvalue weighted by atomic mass is 10.2. The van der Waals surface area contributed by atoms with E-state index in [1.165, 1.54) is 5.56 Å². The van der Waals surface area contributed by atoms with Crippen molar-refractivity contribution in [3.8, 4) is 0 Å². The van der Waals surface area contributed by atoms with Gasteiger partial charge in [0.05, 0.1) is 19.0 Å². The molecule has 0 bridgehead atoms. The first kappa shape index (κ1) is 17.0. The van der Waals surface area contributed by atoms with Gasteiger partial charge in [-0.2, -0.15) is 0 Å². The van der Waals surface area contributed by atoms with E-state index in [2.05, 4.69) is 13.0 Å². The topological polar surface area (TPSA) is 38.8 Å². The number of rotatable bonds is 9. The smallest absolute Gasteiger partial charge is 0.233 e. The highest BCUT2D eigenvalue weighted by atomic mass is 32.2. The van der Waals surface area contributed by atoms with Crippen LogP contribution in [0.1, 0.15) is 5.56 Å². The van der Waals surface area contributed by atoms with Crippen molar-refractivity contribution in [1.82, 2.24) is 4.90 Å². The number of aryl methyl sites for hydroxylation is 1. The SMILES string of the molecule is COCCN(CCOC)C(=O)CSc1ccccc1C. The summed E-state index contributed by atoms with van der Waals surface area (Å²) in [6.07, 6.45) is 0. The Kier molecular flexibility index (Phi) is 8.34. The second kappa shape index (κ2) is 9.80. The third kappa shape index (κ3) is 5.94. The largest absolute Gasteiger partial charge is 0.383 e. The molecule has 0 unspecified atom stereocenters. The highest BCUT2D eigenvalue weighted by molar-refractivity contribution is 8.00. The molecule has 0 saturated carbocycles. The Labute approximate surface area is 125 Å². The summed E-state index contributed by atoms with van der Waals surface area (Å²) in [4.78, 5) is 15.2. The van der Waals surface area contributed by atoms with Crippen molar-refractivity contribution in [1.29, 1.82) is 0 Å². The molecule has 1 rings (SSSR count). The molecule has 0 heterocycles. The number of amides is 1. The fraction of sp³-hybridized carbons (Fsp3) is 0.533. The predicted octanol–water partition coefficient (Wildman–Crippen LogP) is 2.21. The van der Waals surface area contributed by atoms with Crippen LogP contribution in [-0.2, 0) is 14.3 Å².